The maximum atomic E-state index is 9.67. The molecule has 1 aromatic heterocycles. The van der Waals surface area contributed by atoms with Crippen LogP contribution in [0, 0.1) is 0 Å². The van der Waals surface area contributed by atoms with Crippen LogP contribution in [0.15, 0.2) is 30.7 Å². The van der Waals surface area contributed by atoms with Crippen molar-refractivity contribution in [2.45, 2.75) is 13.1 Å². The van der Waals surface area contributed by atoms with Crippen molar-refractivity contribution < 1.29 is 9.84 Å². The van der Waals surface area contributed by atoms with Gasteiger partial charge in [-0.2, -0.15) is 0 Å². The van der Waals surface area contributed by atoms with E-state index in [2.05, 4.69) is 15.3 Å². The van der Waals surface area contributed by atoms with Crippen molar-refractivity contribution in [3.05, 3.63) is 42.0 Å². The lowest BCUT2D eigenvalue weighted by molar-refractivity contribution is 0.410. The highest BCUT2D eigenvalue weighted by atomic mass is 16.5. The highest BCUT2D eigenvalue weighted by Crippen LogP contribution is 2.22. The number of H-pyrrole nitrogens is 1. The zero-order valence-electron chi connectivity index (χ0n) is 9.60. The molecule has 0 atom stereocenters. The summed E-state index contributed by atoms with van der Waals surface area (Å²) in [4.78, 5) is 6.93. The number of phenolic OH excluding ortho intramolecular Hbond substituents is 1. The minimum Gasteiger partial charge on any atom is -0.508 e. The molecule has 0 bridgehead atoms. The first-order chi connectivity index (χ1) is 8.29. The van der Waals surface area contributed by atoms with E-state index in [0.29, 0.717) is 13.1 Å². The Balaban J connectivity index is 1.94. The van der Waals surface area contributed by atoms with Gasteiger partial charge in [0.05, 0.1) is 13.4 Å². The number of nitrogens with zero attached hydrogens (tertiary/aromatic N) is 1. The van der Waals surface area contributed by atoms with E-state index in [-0.39, 0.29) is 5.75 Å². The van der Waals surface area contributed by atoms with E-state index in [1.807, 2.05) is 6.07 Å². The van der Waals surface area contributed by atoms with Crippen LogP contribution in [0.5, 0.6) is 11.5 Å². The van der Waals surface area contributed by atoms with Crippen LogP contribution in [-0.4, -0.2) is 22.2 Å². The van der Waals surface area contributed by atoms with Gasteiger partial charge in [0.2, 0.25) is 0 Å². The molecule has 1 heterocycles. The number of nitrogens with one attached hydrogen (secondary N) is 2. The predicted octanol–water partition coefficient (Wildman–Crippen LogP) is 1.41. The van der Waals surface area contributed by atoms with E-state index in [1.54, 1.807) is 31.8 Å². The molecule has 0 aliphatic carbocycles. The largest absolute Gasteiger partial charge is 0.508 e. The van der Waals surface area contributed by atoms with Gasteiger partial charge >= 0.3 is 0 Å². The molecule has 0 aliphatic heterocycles. The quantitative estimate of drug-likeness (QED) is 0.730. The summed E-state index contributed by atoms with van der Waals surface area (Å²) in [6.07, 6.45) is 3.40. The van der Waals surface area contributed by atoms with Gasteiger partial charge in [0, 0.05) is 30.5 Å². The molecule has 1 aromatic carbocycles. The Hall–Kier alpha value is -2.01. The van der Waals surface area contributed by atoms with Crippen LogP contribution >= 0.6 is 0 Å². The average molecular weight is 233 g/mol. The molecule has 5 heteroatoms. The SMILES string of the molecule is COc1ccc(O)c(CNCc2cnc[nH]2)c1. The van der Waals surface area contributed by atoms with Crippen LogP contribution in [-0.2, 0) is 13.1 Å². The van der Waals surface area contributed by atoms with E-state index in [4.69, 9.17) is 4.74 Å². The van der Waals surface area contributed by atoms with Crippen molar-refractivity contribution in [2.75, 3.05) is 7.11 Å². The number of aromatic amines is 1. The Morgan fingerprint density at radius 1 is 1.41 bits per heavy atom. The second kappa shape index (κ2) is 5.36. The molecule has 0 aliphatic rings. The van der Waals surface area contributed by atoms with Gasteiger partial charge in [0.25, 0.3) is 0 Å². The second-order valence-corrected chi connectivity index (χ2v) is 3.68. The third-order valence-corrected chi connectivity index (χ3v) is 2.47. The van der Waals surface area contributed by atoms with Gasteiger partial charge in [-0.3, -0.25) is 0 Å². The summed E-state index contributed by atoms with van der Waals surface area (Å²) in [5, 5.41) is 12.9. The zero-order chi connectivity index (χ0) is 12.1. The van der Waals surface area contributed by atoms with Gasteiger partial charge in [-0.1, -0.05) is 0 Å². The third-order valence-electron chi connectivity index (χ3n) is 2.47. The minimum atomic E-state index is 0.267. The predicted molar refractivity (Wildman–Crippen MR) is 63.8 cm³/mol. The maximum absolute atomic E-state index is 9.67. The first kappa shape index (κ1) is 11.5. The Morgan fingerprint density at radius 3 is 3.00 bits per heavy atom. The van der Waals surface area contributed by atoms with E-state index in [9.17, 15) is 5.11 Å². The van der Waals surface area contributed by atoms with Crippen molar-refractivity contribution in [2.24, 2.45) is 0 Å². The lowest BCUT2D eigenvalue weighted by Crippen LogP contribution is -2.13. The smallest absolute Gasteiger partial charge is 0.120 e. The standard InChI is InChI=1S/C12H15N3O2/c1-17-11-2-3-12(16)9(4-11)5-13-6-10-7-14-8-15-10/h2-4,7-8,13,16H,5-6H2,1H3,(H,14,15). The maximum Gasteiger partial charge on any atom is 0.120 e. The van der Waals surface area contributed by atoms with Crippen LogP contribution in [0.25, 0.3) is 0 Å². The number of hydrogen-bond donors (Lipinski definition) is 3. The number of rotatable bonds is 5. The van der Waals surface area contributed by atoms with E-state index in [1.165, 1.54) is 0 Å². The molecule has 0 saturated heterocycles. The molecule has 5 nitrogen and oxygen atoms in total. The molecule has 3 N–H and O–H groups in total. The summed E-state index contributed by atoms with van der Waals surface area (Å²) in [6, 6.07) is 5.18. The highest BCUT2D eigenvalue weighted by Gasteiger charge is 2.03. The van der Waals surface area contributed by atoms with Gasteiger partial charge < -0.3 is 20.1 Å². The summed E-state index contributed by atoms with van der Waals surface area (Å²) < 4.78 is 5.11. The van der Waals surface area contributed by atoms with Gasteiger partial charge in [-0.05, 0) is 18.2 Å². The highest BCUT2D eigenvalue weighted by molar-refractivity contribution is 5.39. The third kappa shape index (κ3) is 2.98. The van der Waals surface area contributed by atoms with Gasteiger partial charge in [-0.25, -0.2) is 4.98 Å². The Labute approximate surface area is 99.5 Å². The fourth-order valence-corrected chi connectivity index (χ4v) is 1.54. The van der Waals surface area contributed by atoms with Crippen molar-refractivity contribution in [1.82, 2.24) is 15.3 Å². The first-order valence-corrected chi connectivity index (χ1v) is 5.33. The number of methoxy groups -OCH3 is 1. The van der Waals surface area contributed by atoms with Crippen LogP contribution in [0.2, 0.25) is 0 Å². The molecular weight excluding hydrogens is 218 g/mol. The molecule has 2 rings (SSSR count). The number of phenols is 1. The van der Waals surface area contributed by atoms with Crippen molar-refractivity contribution in [3.63, 3.8) is 0 Å². The number of hydrogen-bond acceptors (Lipinski definition) is 4. The van der Waals surface area contributed by atoms with Crippen molar-refractivity contribution in [3.8, 4) is 11.5 Å². The average Bonchev–Trinajstić information content (AvgIpc) is 2.84. The van der Waals surface area contributed by atoms with Crippen LogP contribution < -0.4 is 10.1 Å². The normalized spacial score (nSPS) is 10.4. The summed E-state index contributed by atoms with van der Waals surface area (Å²) >= 11 is 0. The lowest BCUT2D eigenvalue weighted by atomic mass is 10.2. The second-order valence-electron chi connectivity index (χ2n) is 3.68. The molecule has 0 saturated carbocycles. The minimum absolute atomic E-state index is 0.267. The molecule has 90 valence electrons. The monoisotopic (exact) mass is 233 g/mol. The molecule has 0 fully saturated rings. The Morgan fingerprint density at radius 2 is 2.29 bits per heavy atom. The molecule has 0 radical (unpaired) electrons. The molecule has 0 spiro atoms. The van der Waals surface area contributed by atoms with Crippen LogP contribution in [0.1, 0.15) is 11.3 Å². The molecule has 0 amide bonds. The first-order valence-electron chi connectivity index (χ1n) is 5.33. The fourth-order valence-electron chi connectivity index (χ4n) is 1.54. The Kier molecular flexibility index (Phi) is 3.62. The van der Waals surface area contributed by atoms with Gasteiger partial charge in [0.15, 0.2) is 0 Å². The fraction of sp³-hybridized carbons (Fsp3) is 0.250. The van der Waals surface area contributed by atoms with Gasteiger partial charge in [0.1, 0.15) is 11.5 Å². The molecular formula is C12H15N3O2. The summed E-state index contributed by atoms with van der Waals surface area (Å²) in [6.45, 7) is 1.25. The summed E-state index contributed by atoms with van der Waals surface area (Å²) in [5.41, 5.74) is 1.82. The molecule has 17 heavy (non-hydrogen) atoms. The van der Waals surface area contributed by atoms with Crippen LogP contribution in [0.3, 0.4) is 0 Å². The van der Waals surface area contributed by atoms with E-state index >= 15 is 0 Å². The number of imidazole rings is 1. The molecule has 0 unspecified atom stereocenters. The number of aromatic nitrogens is 2. The zero-order valence-corrected chi connectivity index (χ0v) is 9.60. The number of ether oxygens (including phenoxy) is 1. The Bertz CT molecular complexity index is 469. The van der Waals surface area contributed by atoms with Crippen LogP contribution in [0.4, 0.5) is 0 Å². The van der Waals surface area contributed by atoms with Crippen molar-refractivity contribution >= 4 is 0 Å². The lowest BCUT2D eigenvalue weighted by Gasteiger charge is -2.08. The molecule has 2 aromatic rings. The van der Waals surface area contributed by atoms with E-state index in [0.717, 1.165) is 17.0 Å². The van der Waals surface area contributed by atoms with E-state index < -0.39 is 0 Å². The van der Waals surface area contributed by atoms with Gasteiger partial charge in [-0.15, -0.1) is 0 Å². The number of benzene rings is 1. The van der Waals surface area contributed by atoms with Crippen molar-refractivity contribution in [1.29, 1.82) is 0 Å². The summed E-state index contributed by atoms with van der Waals surface area (Å²) in [5.74, 6) is 1.00. The number of aromatic hydroxyl groups is 1. The summed E-state index contributed by atoms with van der Waals surface area (Å²) in [7, 11) is 1.61. The topological polar surface area (TPSA) is 70.2 Å².